The maximum atomic E-state index is 5.96. The van der Waals surface area contributed by atoms with Crippen LogP contribution in [0.25, 0.3) is 0 Å². The zero-order valence-corrected chi connectivity index (χ0v) is 10.7. The molecule has 18 heavy (non-hydrogen) atoms. The summed E-state index contributed by atoms with van der Waals surface area (Å²) in [5.74, 6) is 0.704. The van der Waals surface area contributed by atoms with Gasteiger partial charge in [-0.25, -0.2) is 0 Å². The SMILES string of the molecule is COc1ccc(Cl)cc1Nc1ccc(N)c(N)c1. The van der Waals surface area contributed by atoms with Crippen LogP contribution in [0.3, 0.4) is 0 Å². The van der Waals surface area contributed by atoms with Crippen molar-refractivity contribution in [2.75, 3.05) is 23.9 Å². The number of benzene rings is 2. The van der Waals surface area contributed by atoms with E-state index in [4.69, 9.17) is 27.8 Å². The number of anilines is 4. The van der Waals surface area contributed by atoms with Crippen molar-refractivity contribution in [3.63, 3.8) is 0 Å². The topological polar surface area (TPSA) is 73.3 Å². The van der Waals surface area contributed by atoms with Crippen LogP contribution in [0.15, 0.2) is 36.4 Å². The smallest absolute Gasteiger partial charge is 0.142 e. The maximum absolute atomic E-state index is 5.96. The van der Waals surface area contributed by atoms with Crippen LogP contribution >= 0.6 is 11.6 Å². The van der Waals surface area contributed by atoms with Gasteiger partial charge in [0.25, 0.3) is 0 Å². The van der Waals surface area contributed by atoms with Crippen molar-refractivity contribution in [1.82, 2.24) is 0 Å². The molecular weight excluding hydrogens is 250 g/mol. The van der Waals surface area contributed by atoms with E-state index in [0.29, 0.717) is 22.1 Å². The van der Waals surface area contributed by atoms with E-state index < -0.39 is 0 Å². The first kappa shape index (κ1) is 12.4. The third-order valence-corrected chi connectivity index (χ3v) is 2.76. The highest BCUT2D eigenvalue weighted by atomic mass is 35.5. The van der Waals surface area contributed by atoms with Crippen LogP contribution in [-0.2, 0) is 0 Å². The number of halogens is 1. The van der Waals surface area contributed by atoms with Gasteiger partial charge in [0.15, 0.2) is 0 Å². The number of rotatable bonds is 3. The Bertz CT molecular complexity index is 572. The molecule has 0 unspecified atom stereocenters. The van der Waals surface area contributed by atoms with Crippen molar-refractivity contribution in [3.05, 3.63) is 41.4 Å². The highest BCUT2D eigenvalue weighted by Crippen LogP contribution is 2.31. The Balaban J connectivity index is 2.33. The number of methoxy groups -OCH3 is 1. The molecule has 94 valence electrons. The standard InChI is InChI=1S/C13H14ClN3O/c1-18-13-5-2-8(14)6-12(13)17-9-3-4-10(15)11(16)7-9/h2-7,17H,15-16H2,1H3. The predicted molar refractivity (Wildman–Crippen MR) is 76.6 cm³/mol. The number of nitrogens with one attached hydrogen (secondary N) is 1. The van der Waals surface area contributed by atoms with E-state index in [2.05, 4.69) is 5.32 Å². The summed E-state index contributed by atoms with van der Waals surface area (Å²) in [7, 11) is 1.60. The predicted octanol–water partition coefficient (Wildman–Crippen LogP) is 3.26. The second-order valence-electron chi connectivity index (χ2n) is 3.81. The Morgan fingerprint density at radius 3 is 2.50 bits per heavy atom. The Labute approximate surface area is 110 Å². The quantitative estimate of drug-likeness (QED) is 0.743. The molecule has 0 saturated heterocycles. The summed E-state index contributed by atoms with van der Waals surface area (Å²) >= 11 is 5.96. The highest BCUT2D eigenvalue weighted by Gasteiger charge is 2.05. The van der Waals surface area contributed by atoms with E-state index in [1.54, 1.807) is 37.4 Å². The fraction of sp³-hybridized carbons (Fsp3) is 0.0769. The second-order valence-corrected chi connectivity index (χ2v) is 4.25. The third-order valence-electron chi connectivity index (χ3n) is 2.53. The van der Waals surface area contributed by atoms with Gasteiger partial charge >= 0.3 is 0 Å². The van der Waals surface area contributed by atoms with Crippen molar-refractivity contribution in [2.45, 2.75) is 0 Å². The number of ether oxygens (including phenoxy) is 1. The lowest BCUT2D eigenvalue weighted by Gasteiger charge is -2.12. The normalized spacial score (nSPS) is 10.1. The lowest BCUT2D eigenvalue weighted by Crippen LogP contribution is -1.98. The monoisotopic (exact) mass is 263 g/mol. The molecule has 0 fully saturated rings. The average molecular weight is 264 g/mol. The Kier molecular flexibility index (Phi) is 3.48. The minimum atomic E-state index is 0.529. The summed E-state index contributed by atoms with van der Waals surface area (Å²) in [5.41, 5.74) is 14.1. The molecule has 0 spiro atoms. The Morgan fingerprint density at radius 2 is 1.83 bits per heavy atom. The molecule has 0 aromatic heterocycles. The van der Waals surface area contributed by atoms with Gasteiger partial charge in [0, 0.05) is 10.7 Å². The van der Waals surface area contributed by atoms with E-state index in [1.165, 1.54) is 0 Å². The molecule has 2 rings (SSSR count). The maximum Gasteiger partial charge on any atom is 0.142 e. The van der Waals surface area contributed by atoms with Crippen LogP contribution in [0.5, 0.6) is 5.75 Å². The van der Waals surface area contributed by atoms with Crippen LogP contribution in [0, 0.1) is 0 Å². The van der Waals surface area contributed by atoms with E-state index in [9.17, 15) is 0 Å². The van der Waals surface area contributed by atoms with Gasteiger partial charge in [-0.2, -0.15) is 0 Å². The fourth-order valence-electron chi connectivity index (χ4n) is 1.59. The number of hydrogen-bond donors (Lipinski definition) is 3. The van der Waals surface area contributed by atoms with Crippen LogP contribution in [0.2, 0.25) is 5.02 Å². The van der Waals surface area contributed by atoms with Gasteiger partial charge in [-0.15, -0.1) is 0 Å². The van der Waals surface area contributed by atoms with Crippen molar-refractivity contribution in [3.8, 4) is 5.75 Å². The minimum Gasteiger partial charge on any atom is -0.495 e. The molecule has 5 N–H and O–H groups in total. The molecular formula is C13H14ClN3O. The molecule has 4 nitrogen and oxygen atoms in total. The van der Waals surface area contributed by atoms with E-state index in [0.717, 1.165) is 11.4 Å². The molecule has 0 radical (unpaired) electrons. The number of hydrogen-bond acceptors (Lipinski definition) is 4. The summed E-state index contributed by atoms with van der Waals surface area (Å²) in [4.78, 5) is 0. The van der Waals surface area contributed by atoms with E-state index in [1.807, 2.05) is 6.07 Å². The average Bonchev–Trinajstić information content (AvgIpc) is 2.34. The van der Waals surface area contributed by atoms with E-state index >= 15 is 0 Å². The van der Waals surface area contributed by atoms with Gasteiger partial charge < -0.3 is 21.5 Å². The molecule has 0 aliphatic rings. The van der Waals surface area contributed by atoms with Crippen molar-refractivity contribution < 1.29 is 4.74 Å². The van der Waals surface area contributed by atoms with Gasteiger partial charge in [-0.1, -0.05) is 11.6 Å². The second kappa shape index (κ2) is 5.06. The minimum absolute atomic E-state index is 0.529. The third kappa shape index (κ3) is 2.60. The number of nitrogens with two attached hydrogens (primary N) is 2. The molecule has 2 aromatic rings. The molecule has 0 bridgehead atoms. The summed E-state index contributed by atoms with van der Waals surface area (Å²) in [6, 6.07) is 10.7. The number of nitrogen functional groups attached to an aromatic ring is 2. The van der Waals surface area contributed by atoms with Crippen LogP contribution in [0.4, 0.5) is 22.7 Å². The first-order chi connectivity index (χ1) is 8.60. The van der Waals surface area contributed by atoms with Crippen LogP contribution in [0.1, 0.15) is 0 Å². The van der Waals surface area contributed by atoms with Crippen LogP contribution < -0.4 is 21.5 Å². The first-order valence-electron chi connectivity index (χ1n) is 5.35. The lowest BCUT2D eigenvalue weighted by atomic mass is 10.2. The molecule has 0 aliphatic heterocycles. The molecule has 0 aliphatic carbocycles. The fourth-order valence-corrected chi connectivity index (χ4v) is 1.76. The van der Waals surface area contributed by atoms with Gasteiger partial charge in [0.1, 0.15) is 5.75 Å². The lowest BCUT2D eigenvalue weighted by molar-refractivity contribution is 0.417. The Morgan fingerprint density at radius 1 is 1.06 bits per heavy atom. The first-order valence-corrected chi connectivity index (χ1v) is 5.73. The van der Waals surface area contributed by atoms with Crippen molar-refractivity contribution in [2.24, 2.45) is 0 Å². The van der Waals surface area contributed by atoms with Gasteiger partial charge in [-0.05, 0) is 36.4 Å². The Hall–Kier alpha value is -2.07. The molecule has 0 amide bonds. The summed E-state index contributed by atoms with van der Waals surface area (Å²) in [5, 5.41) is 3.81. The molecule has 0 atom stereocenters. The van der Waals surface area contributed by atoms with Gasteiger partial charge in [0.05, 0.1) is 24.2 Å². The molecule has 0 saturated carbocycles. The summed E-state index contributed by atoms with van der Waals surface area (Å²) in [6.45, 7) is 0. The molecule has 0 heterocycles. The molecule has 2 aromatic carbocycles. The van der Waals surface area contributed by atoms with Gasteiger partial charge in [0.2, 0.25) is 0 Å². The van der Waals surface area contributed by atoms with Gasteiger partial charge in [-0.3, -0.25) is 0 Å². The summed E-state index contributed by atoms with van der Waals surface area (Å²) < 4.78 is 5.25. The zero-order chi connectivity index (χ0) is 13.1. The summed E-state index contributed by atoms with van der Waals surface area (Å²) in [6.07, 6.45) is 0. The van der Waals surface area contributed by atoms with Crippen molar-refractivity contribution >= 4 is 34.4 Å². The molecule has 5 heteroatoms. The van der Waals surface area contributed by atoms with E-state index in [-0.39, 0.29) is 0 Å². The zero-order valence-electron chi connectivity index (χ0n) is 9.91. The highest BCUT2D eigenvalue weighted by molar-refractivity contribution is 6.31. The van der Waals surface area contributed by atoms with Crippen LogP contribution in [-0.4, -0.2) is 7.11 Å². The largest absolute Gasteiger partial charge is 0.495 e. The van der Waals surface area contributed by atoms with Crippen molar-refractivity contribution in [1.29, 1.82) is 0 Å².